The molecule has 2 aromatic rings. The highest BCUT2D eigenvalue weighted by molar-refractivity contribution is 6.55. The fourth-order valence-corrected chi connectivity index (χ4v) is 2.16. The molecular weight excluding hydrogens is 226 g/mol. The van der Waals surface area contributed by atoms with Gasteiger partial charge in [0.1, 0.15) is 0 Å². The van der Waals surface area contributed by atoms with Crippen molar-refractivity contribution < 1.29 is 4.79 Å². The quantitative estimate of drug-likeness (QED) is 0.609. The summed E-state index contributed by atoms with van der Waals surface area (Å²) < 4.78 is 0. The largest absolute Gasteiger partial charge is 0.322 e. The minimum atomic E-state index is -0.190. The summed E-state index contributed by atoms with van der Waals surface area (Å²) in [5, 5.41) is 3.61. The molecule has 0 saturated carbocycles. The summed E-state index contributed by atoms with van der Waals surface area (Å²) in [6, 6.07) is 17.0. The van der Waals surface area contributed by atoms with E-state index in [1.54, 1.807) is 4.90 Å². The van der Waals surface area contributed by atoms with Gasteiger partial charge < -0.3 is 5.84 Å². The molecule has 1 aliphatic rings. The van der Waals surface area contributed by atoms with E-state index in [2.05, 4.69) is 5.10 Å². The first-order valence-corrected chi connectivity index (χ1v) is 5.59. The zero-order valence-electron chi connectivity index (χ0n) is 9.58. The van der Waals surface area contributed by atoms with Crippen LogP contribution in [0.25, 0.3) is 0 Å². The Morgan fingerprint density at radius 1 is 0.944 bits per heavy atom. The van der Waals surface area contributed by atoms with Crippen molar-refractivity contribution in [3.63, 3.8) is 0 Å². The van der Waals surface area contributed by atoms with E-state index < -0.39 is 0 Å². The monoisotopic (exact) mass is 237 g/mol. The van der Waals surface area contributed by atoms with Gasteiger partial charge in [0, 0.05) is 11.3 Å². The first-order valence-electron chi connectivity index (χ1n) is 5.59. The highest BCUT2D eigenvalue weighted by Crippen LogP contribution is 2.34. The molecule has 1 heterocycles. The average molecular weight is 237 g/mol. The van der Waals surface area contributed by atoms with Crippen molar-refractivity contribution in [2.75, 3.05) is 4.90 Å². The Kier molecular flexibility index (Phi) is 2.34. The third-order valence-corrected chi connectivity index (χ3v) is 2.95. The topological polar surface area (TPSA) is 58.7 Å². The Labute approximate surface area is 104 Å². The number of amides is 1. The molecule has 0 fully saturated rings. The summed E-state index contributed by atoms with van der Waals surface area (Å²) in [5.41, 5.74) is 2.70. The summed E-state index contributed by atoms with van der Waals surface area (Å²) in [5.74, 6) is 5.13. The molecular formula is C14H11N3O. The molecule has 1 amide bonds. The third kappa shape index (κ3) is 1.39. The minimum Gasteiger partial charge on any atom is -0.322 e. The summed E-state index contributed by atoms with van der Waals surface area (Å²) in [6.45, 7) is 0. The first-order chi connectivity index (χ1) is 8.83. The molecule has 3 rings (SSSR count). The Bertz CT molecular complexity index is 634. The molecule has 18 heavy (non-hydrogen) atoms. The van der Waals surface area contributed by atoms with Crippen LogP contribution >= 0.6 is 0 Å². The van der Waals surface area contributed by atoms with Gasteiger partial charge in [-0.25, -0.2) is 0 Å². The molecule has 0 aromatic heterocycles. The summed E-state index contributed by atoms with van der Waals surface area (Å²) in [6.07, 6.45) is 0. The zero-order chi connectivity index (χ0) is 12.5. The van der Waals surface area contributed by atoms with Gasteiger partial charge in [-0.15, -0.1) is 0 Å². The predicted molar refractivity (Wildman–Crippen MR) is 70.8 cm³/mol. The summed E-state index contributed by atoms with van der Waals surface area (Å²) >= 11 is 0. The highest BCUT2D eigenvalue weighted by atomic mass is 16.2. The Morgan fingerprint density at radius 2 is 1.61 bits per heavy atom. The molecule has 2 aromatic carbocycles. The lowest BCUT2D eigenvalue weighted by Crippen LogP contribution is -2.26. The van der Waals surface area contributed by atoms with Gasteiger partial charge >= 0.3 is 0 Å². The van der Waals surface area contributed by atoms with Crippen LogP contribution in [0.4, 0.5) is 11.4 Å². The van der Waals surface area contributed by atoms with Crippen LogP contribution in [0.5, 0.6) is 0 Å². The van der Waals surface area contributed by atoms with Crippen molar-refractivity contribution in [3.8, 4) is 0 Å². The number of carbonyl (C=O) groups is 1. The molecule has 88 valence electrons. The van der Waals surface area contributed by atoms with Crippen molar-refractivity contribution in [1.29, 1.82) is 0 Å². The average Bonchev–Trinajstić information content (AvgIpc) is 2.71. The lowest BCUT2D eigenvalue weighted by Gasteiger charge is -2.16. The van der Waals surface area contributed by atoms with Crippen molar-refractivity contribution in [2.45, 2.75) is 0 Å². The van der Waals surface area contributed by atoms with E-state index in [1.165, 1.54) is 0 Å². The molecule has 1 aliphatic heterocycles. The number of para-hydroxylation sites is 2. The van der Waals surface area contributed by atoms with Gasteiger partial charge in [-0.2, -0.15) is 5.10 Å². The van der Waals surface area contributed by atoms with Gasteiger partial charge in [-0.1, -0.05) is 36.4 Å². The van der Waals surface area contributed by atoms with E-state index in [4.69, 9.17) is 5.84 Å². The van der Waals surface area contributed by atoms with Crippen LogP contribution in [0, 0.1) is 0 Å². The number of nitrogens with two attached hydrogens (primary N) is 1. The van der Waals surface area contributed by atoms with Crippen LogP contribution < -0.4 is 10.7 Å². The summed E-state index contributed by atoms with van der Waals surface area (Å²) in [7, 11) is 0. The van der Waals surface area contributed by atoms with Crippen molar-refractivity contribution in [2.24, 2.45) is 10.9 Å². The zero-order valence-corrected chi connectivity index (χ0v) is 9.58. The van der Waals surface area contributed by atoms with Gasteiger partial charge in [0.25, 0.3) is 5.91 Å². The molecule has 0 saturated heterocycles. The normalized spacial score (nSPS) is 16.1. The maximum absolute atomic E-state index is 12.3. The van der Waals surface area contributed by atoms with Crippen molar-refractivity contribution in [1.82, 2.24) is 0 Å². The molecule has 0 aliphatic carbocycles. The maximum atomic E-state index is 12.3. The molecule has 0 unspecified atom stereocenters. The van der Waals surface area contributed by atoms with Gasteiger partial charge in [0.05, 0.1) is 5.69 Å². The molecule has 0 spiro atoms. The number of hydrogen-bond acceptors (Lipinski definition) is 3. The van der Waals surface area contributed by atoms with E-state index in [-0.39, 0.29) is 5.91 Å². The molecule has 2 N–H and O–H groups in total. The van der Waals surface area contributed by atoms with E-state index in [0.29, 0.717) is 5.71 Å². The molecule has 0 atom stereocenters. The third-order valence-electron chi connectivity index (χ3n) is 2.95. The van der Waals surface area contributed by atoms with Gasteiger partial charge in [0.2, 0.25) is 0 Å². The second-order valence-electron chi connectivity index (χ2n) is 3.97. The van der Waals surface area contributed by atoms with Crippen molar-refractivity contribution >= 4 is 23.0 Å². The number of rotatable bonds is 1. The van der Waals surface area contributed by atoms with Crippen molar-refractivity contribution in [3.05, 3.63) is 60.2 Å². The van der Waals surface area contributed by atoms with Crippen LogP contribution in [-0.4, -0.2) is 11.6 Å². The van der Waals surface area contributed by atoms with E-state index >= 15 is 0 Å². The van der Waals surface area contributed by atoms with Crippen LogP contribution in [0.15, 0.2) is 59.7 Å². The van der Waals surface area contributed by atoms with Gasteiger partial charge in [-0.05, 0) is 18.2 Å². The van der Waals surface area contributed by atoms with Gasteiger partial charge in [0.15, 0.2) is 5.71 Å². The van der Waals surface area contributed by atoms with Crippen LogP contribution in [-0.2, 0) is 4.79 Å². The van der Waals surface area contributed by atoms with E-state index in [0.717, 1.165) is 16.9 Å². The molecule has 0 bridgehead atoms. The number of hydrogen-bond donors (Lipinski definition) is 1. The van der Waals surface area contributed by atoms with E-state index in [9.17, 15) is 4.79 Å². The van der Waals surface area contributed by atoms with Gasteiger partial charge in [-0.3, -0.25) is 9.69 Å². The minimum absolute atomic E-state index is 0.190. The maximum Gasteiger partial charge on any atom is 0.283 e. The number of fused-ring (bicyclic) bond motifs is 1. The van der Waals surface area contributed by atoms with Crippen LogP contribution in [0.3, 0.4) is 0 Å². The number of carbonyl (C=O) groups excluding carboxylic acids is 1. The predicted octanol–water partition coefficient (Wildman–Crippen LogP) is 2.03. The SMILES string of the molecule is N/N=C1\C(=O)N(c2ccccc2)c2ccccc21. The number of nitrogens with zero attached hydrogens (tertiary/aromatic N) is 2. The lowest BCUT2D eigenvalue weighted by atomic mass is 10.1. The Morgan fingerprint density at radius 3 is 2.33 bits per heavy atom. The lowest BCUT2D eigenvalue weighted by molar-refractivity contribution is -0.111. The second kappa shape index (κ2) is 4.00. The standard InChI is InChI=1S/C14H11N3O/c15-16-13-11-8-4-5-9-12(11)17(14(13)18)10-6-2-1-3-7-10/h1-9H,15H2/b16-13-. The smallest absolute Gasteiger partial charge is 0.283 e. The second-order valence-corrected chi connectivity index (χ2v) is 3.97. The Hall–Kier alpha value is -2.62. The molecule has 4 nitrogen and oxygen atoms in total. The summed E-state index contributed by atoms with van der Waals surface area (Å²) in [4.78, 5) is 13.9. The van der Waals surface area contributed by atoms with Crippen LogP contribution in [0.2, 0.25) is 0 Å². The first kappa shape index (κ1) is 10.5. The van der Waals surface area contributed by atoms with E-state index in [1.807, 2.05) is 54.6 Å². The highest BCUT2D eigenvalue weighted by Gasteiger charge is 2.34. The molecule has 0 radical (unpaired) electrons. The fraction of sp³-hybridized carbons (Fsp3) is 0. The Balaban J connectivity index is 2.21. The molecule has 4 heteroatoms. The number of hydrazone groups is 1. The van der Waals surface area contributed by atoms with Crippen LogP contribution in [0.1, 0.15) is 5.56 Å². The fourth-order valence-electron chi connectivity index (χ4n) is 2.16. The number of anilines is 2. The number of benzene rings is 2.